The summed E-state index contributed by atoms with van der Waals surface area (Å²) in [6, 6.07) is 6.47. The number of nitrogens with zero attached hydrogens (tertiary/aromatic N) is 1. The summed E-state index contributed by atoms with van der Waals surface area (Å²) in [6.45, 7) is 0. The minimum absolute atomic E-state index is 0.285. The van der Waals surface area contributed by atoms with E-state index in [1.54, 1.807) is 0 Å². The van der Waals surface area contributed by atoms with Gasteiger partial charge >= 0.3 is 0 Å². The summed E-state index contributed by atoms with van der Waals surface area (Å²) in [4.78, 5) is 13.1. The fourth-order valence-electron chi connectivity index (χ4n) is 1.57. The zero-order chi connectivity index (χ0) is 13.3. The van der Waals surface area contributed by atoms with Crippen LogP contribution in [-0.2, 0) is 14.9 Å². The Hall–Kier alpha value is -2.21. The minimum atomic E-state index is -4.38. The average molecular weight is 265 g/mol. The Morgan fingerprint density at radius 1 is 1.17 bits per heavy atom. The van der Waals surface area contributed by atoms with Crippen molar-refractivity contribution in [2.45, 2.75) is 4.90 Å². The maximum Gasteiger partial charge on any atom is 0.294 e. The fraction of sp³-hybridized carbons (Fsp3) is 0. The molecule has 2 rings (SSSR count). The topological polar surface area (TPSA) is 104 Å². The largest absolute Gasteiger partial charge is 0.507 e. The molecule has 7 heteroatoms. The van der Waals surface area contributed by atoms with E-state index < -0.39 is 15.0 Å². The molecule has 0 aliphatic rings. The second kappa shape index (κ2) is 4.23. The highest BCUT2D eigenvalue weighted by Crippen LogP contribution is 2.31. The van der Waals surface area contributed by atoms with Gasteiger partial charge in [0.2, 0.25) is 6.08 Å². The summed E-state index contributed by atoms with van der Waals surface area (Å²) in [5, 5.41) is 10.4. The summed E-state index contributed by atoms with van der Waals surface area (Å²) >= 11 is 0. The van der Waals surface area contributed by atoms with Gasteiger partial charge in [-0.25, -0.2) is 4.79 Å². The van der Waals surface area contributed by atoms with Crippen LogP contribution in [0.25, 0.3) is 10.8 Å². The first-order valence-electron chi connectivity index (χ1n) is 4.74. The van der Waals surface area contributed by atoms with Gasteiger partial charge in [0.05, 0.1) is 10.6 Å². The molecule has 0 atom stereocenters. The molecule has 0 aliphatic heterocycles. The molecule has 6 nitrogen and oxygen atoms in total. The lowest BCUT2D eigenvalue weighted by atomic mass is 10.1. The highest BCUT2D eigenvalue weighted by atomic mass is 32.2. The highest BCUT2D eigenvalue weighted by Gasteiger charge is 2.13. The molecule has 0 radical (unpaired) electrons. The Bertz CT molecular complexity index is 775. The smallest absolute Gasteiger partial charge is 0.294 e. The number of aliphatic imine (C=N–C) groups is 1. The molecule has 0 fully saturated rings. The van der Waals surface area contributed by atoms with Crippen molar-refractivity contribution in [3.63, 3.8) is 0 Å². The van der Waals surface area contributed by atoms with Gasteiger partial charge in [-0.1, -0.05) is 6.07 Å². The van der Waals surface area contributed by atoms with E-state index in [4.69, 9.17) is 4.55 Å². The monoisotopic (exact) mass is 265 g/mol. The van der Waals surface area contributed by atoms with E-state index in [-0.39, 0.29) is 11.4 Å². The lowest BCUT2D eigenvalue weighted by Gasteiger charge is -2.04. The summed E-state index contributed by atoms with van der Waals surface area (Å²) in [5.74, 6) is -0.330. The van der Waals surface area contributed by atoms with Gasteiger partial charge in [0.25, 0.3) is 10.1 Å². The first-order valence-corrected chi connectivity index (χ1v) is 6.18. The molecule has 2 N–H and O–H groups in total. The van der Waals surface area contributed by atoms with Crippen LogP contribution in [-0.4, -0.2) is 24.2 Å². The van der Waals surface area contributed by atoms with E-state index in [9.17, 15) is 18.3 Å². The van der Waals surface area contributed by atoms with Crippen molar-refractivity contribution < 1.29 is 22.9 Å². The summed E-state index contributed by atoms with van der Waals surface area (Å²) < 4.78 is 30.8. The molecule has 0 aromatic heterocycles. The van der Waals surface area contributed by atoms with E-state index in [0.717, 1.165) is 6.07 Å². The fourth-order valence-corrected chi connectivity index (χ4v) is 2.11. The number of rotatable bonds is 2. The van der Waals surface area contributed by atoms with Crippen LogP contribution in [0.3, 0.4) is 0 Å². The Morgan fingerprint density at radius 2 is 1.89 bits per heavy atom. The Balaban J connectivity index is 2.77. The lowest BCUT2D eigenvalue weighted by Crippen LogP contribution is -1.97. The SMILES string of the molecule is O=C=Nc1ccc2cc(S(=O)(=O)O)cc(O)c2c1. The average Bonchev–Trinajstić information content (AvgIpc) is 2.29. The summed E-state index contributed by atoms with van der Waals surface area (Å²) in [5.41, 5.74) is 0.285. The molecule has 2 aromatic rings. The van der Waals surface area contributed by atoms with Crippen molar-refractivity contribution in [1.29, 1.82) is 0 Å². The van der Waals surface area contributed by atoms with Crippen LogP contribution in [0.4, 0.5) is 5.69 Å². The maximum absolute atomic E-state index is 11.0. The van der Waals surface area contributed by atoms with Crippen LogP contribution in [0.5, 0.6) is 5.75 Å². The number of hydrogen-bond acceptors (Lipinski definition) is 5. The Kier molecular flexibility index (Phi) is 2.88. The van der Waals surface area contributed by atoms with Crippen LogP contribution in [0.2, 0.25) is 0 Å². The van der Waals surface area contributed by atoms with Gasteiger partial charge in [-0.3, -0.25) is 4.55 Å². The van der Waals surface area contributed by atoms with Crippen molar-refractivity contribution in [2.75, 3.05) is 0 Å². The van der Waals surface area contributed by atoms with Gasteiger partial charge in [0, 0.05) is 11.5 Å². The van der Waals surface area contributed by atoms with Crippen molar-refractivity contribution in [3.05, 3.63) is 30.3 Å². The Labute approximate surface area is 102 Å². The number of benzene rings is 2. The van der Waals surface area contributed by atoms with Crippen molar-refractivity contribution in [3.8, 4) is 5.75 Å². The van der Waals surface area contributed by atoms with Crippen molar-refractivity contribution >= 4 is 32.7 Å². The number of phenolic OH excluding ortho intramolecular Hbond substituents is 1. The van der Waals surface area contributed by atoms with E-state index >= 15 is 0 Å². The molecule has 0 aliphatic carbocycles. The van der Waals surface area contributed by atoms with Crippen LogP contribution < -0.4 is 0 Å². The predicted molar refractivity (Wildman–Crippen MR) is 63.2 cm³/mol. The molecule has 0 bridgehead atoms. The molecule has 0 saturated heterocycles. The number of carbonyl (C=O) groups excluding carboxylic acids is 1. The minimum Gasteiger partial charge on any atom is -0.507 e. The third kappa shape index (κ3) is 2.23. The third-order valence-electron chi connectivity index (χ3n) is 2.36. The maximum atomic E-state index is 11.0. The van der Waals surface area contributed by atoms with Crippen molar-refractivity contribution in [2.24, 2.45) is 4.99 Å². The van der Waals surface area contributed by atoms with E-state index in [2.05, 4.69) is 4.99 Å². The third-order valence-corrected chi connectivity index (χ3v) is 3.19. The van der Waals surface area contributed by atoms with Crippen LogP contribution in [0, 0.1) is 0 Å². The standard InChI is InChI=1S/C11H7NO5S/c13-6-12-8-2-1-7-3-9(18(15,16)17)5-11(14)10(7)4-8/h1-5,14H,(H,15,16,17). The van der Waals surface area contributed by atoms with Crippen LogP contribution in [0.1, 0.15) is 0 Å². The van der Waals surface area contributed by atoms with E-state index in [1.165, 1.54) is 30.3 Å². The predicted octanol–water partition coefficient (Wildman–Crippen LogP) is 1.76. The number of fused-ring (bicyclic) bond motifs is 1. The van der Waals surface area contributed by atoms with Gasteiger partial charge in [0.1, 0.15) is 5.75 Å². The van der Waals surface area contributed by atoms with Crippen LogP contribution >= 0.6 is 0 Å². The quantitative estimate of drug-likeness (QED) is 0.489. The van der Waals surface area contributed by atoms with Gasteiger partial charge < -0.3 is 5.11 Å². The second-order valence-electron chi connectivity index (χ2n) is 3.53. The second-order valence-corrected chi connectivity index (χ2v) is 4.95. The van der Waals surface area contributed by atoms with Gasteiger partial charge in [-0.2, -0.15) is 13.4 Å². The number of hydrogen-bond donors (Lipinski definition) is 2. The Morgan fingerprint density at radius 3 is 2.50 bits per heavy atom. The molecular formula is C11H7NO5S. The molecule has 0 spiro atoms. The van der Waals surface area contributed by atoms with E-state index in [1.807, 2.05) is 0 Å². The highest BCUT2D eigenvalue weighted by molar-refractivity contribution is 7.85. The zero-order valence-electron chi connectivity index (χ0n) is 8.86. The first kappa shape index (κ1) is 12.3. The molecule has 0 saturated carbocycles. The molecule has 18 heavy (non-hydrogen) atoms. The molecule has 92 valence electrons. The summed E-state index contributed by atoms with van der Waals surface area (Å²) in [6.07, 6.45) is 1.36. The summed E-state index contributed by atoms with van der Waals surface area (Å²) in [7, 11) is -4.38. The van der Waals surface area contributed by atoms with Gasteiger partial charge in [-0.05, 0) is 23.6 Å². The van der Waals surface area contributed by atoms with E-state index in [0.29, 0.717) is 10.8 Å². The first-order chi connectivity index (χ1) is 8.41. The van der Waals surface area contributed by atoms with Crippen molar-refractivity contribution in [1.82, 2.24) is 0 Å². The zero-order valence-corrected chi connectivity index (χ0v) is 9.68. The van der Waals surface area contributed by atoms with Gasteiger partial charge in [0.15, 0.2) is 0 Å². The van der Waals surface area contributed by atoms with Gasteiger partial charge in [-0.15, -0.1) is 0 Å². The number of aromatic hydroxyl groups is 1. The lowest BCUT2D eigenvalue weighted by molar-refractivity contribution is 0.471. The molecule has 0 unspecified atom stereocenters. The molecule has 2 aromatic carbocycles. The molecular weight excluding hydrogens is 258 g/mol. The normalized spacial score (nSPS) is 11.2. The molecule has 0 amide bonds. The molecule has 0 heterocycles. The number of isocyanates is 1. The van der Waals surface area contributed by atoms with Crippen LogP contribution in [0.15, 0.2) is 40.2 Å². The number of phenols is 1.